The molecule has 1 aromatic rings. The Kier molecular flexibility index (Phi) is 3.94. The van der Waals surface area contributed by atoms with Crippen LogP contribution in [0.25, 0.3) is 0 Å². The van der Waals surface area contributed by atoms with Gasteiger partial charge in [0.15, 0.2) is 0 Å². The van der Waals surface area contributed by atoms with Gasteiger partial charge in [-0.2, -0.15) is 11.3 Å². The first-order valence-corrected chi connectivity index (χ1v) is 5.83. The van der Waals surface area contributed by atoms with Gasteiger partial charge in [-0.3, -0.25) is 0 Å². The van der Waals surface area contributed by atoms with Gasteiger partial charge in [-0.15, -0.1) is 0 Å². The summed E-state index contributed by atoms with van der Waals surface area (Å²) in [6.45, 7) is 8.96. The van der Waals surface area contributed by atoms with Crippen molar-refractivity contribution < 1.29 is 0 Å². The minimum absolute atomic E-state index is 0.476. The highest BCUT2D eigenvalue weighted by Gasteiger charge is 2.11. The lowest BCUT2D eigenvalue weighted by Gasteiger charge is -2.22. The average Bonchev–Trinajstić information content (AvgIpc) is 2.55. The van der Waals surface area contributed by atoms with Crippen LogP contribution in [0.3, 0.4) is 0 Å². The third kappa shape index (κ3) is 3.12. The Hall–Kier alpha value is -0.340. The van der Waals surface area contributed by atoms with Crippen molar-refractivity contribution in [3.05, 3.63) is 22.4 Å². The molecule has 1 N–H and O–H groups in total. The Labute approximate surface area is 85.2 Å². The molecule has 0 bridgehead atoms. The minimum Gasteiger partial charge on any atom is -0.307 e. The van der Waals surface area contributed by atoms with Crippen LogP contribution in [0.1, 0.15) is 39.3 Å². The smallest absolute Gasteiger partial charge is 0.0302 e. The van der Waals surface area contributed by atoms with E-state index in [1.165, 1.54) is 5.56 Å². The first-order valence-electron chi connectivity index (χ1n) is 4.89. The second-order valence-electron chi connectivity index (χ2n) is 3.98. The molecule has 0 amide bonds. The Bertz CT molecular complexity index is 228. The Morgan fingerprint density at radius 1 is 1.23 bits per heavy atom. The summed E-state index contributed by atoms with van der Waals surface area (Å²) in [5.74, 6) is 0.695. The van der Waals surface area contributed by atoms with Crippen molar-refractivity contribution in [1.82, 2.24) is 5.32 Å². The second kappa shape index (κ2) is 4.77. The third-order valence-corrected chi connectivity index (χ3v) is 3.26. The van der Waals surface area contributed by atoms with Crippen LogP contribution in [0.5, 0.6) is 0 Å². The molecule has 1 heterocycles. The summed E-state index contributed by atoms with van der Waals surface area (Å²) in [7, 11) is 0. The molecule has 0 spiro atoms. The van der Waals surface area contributed by atoms with Crippen molar-refractivity contribution >= 4 is 11.3 Å². The Balaban J connectivity index is 2.46. The van der Waals surface area contributed by atoms with Crippen LogP contribution in [-0.2, 0) is 0 Å². The number of hydrogen-bond donors (Lipinski definition) is 1. The van der Waals surface area contributed by atoms with Crippen LogP contribution in [0.4, 0.5) is 0 Å². The molecule has 2 heteroatoms. The van der Waals surface area contributed by atoms with Gasteiger partial charge in [0.25, 0.3) is 0 Å². The van der Waals surface area contributed by atoms with Crippen LogP contribution >= 0.6 is 11.3 Å². The summed E-state index contributed by atoms with van der Waals surface area (Å²) in [4.78, 5) is 0. The maximum atomic E-state index is 3.59. The molecule has 1 rings (SSSR count). The molecule has 1 nitrogen and oxygen atoms in total. The van der Waals surface area contributed by atoms with E-state index in [4.69, 9.17) is 0 Å². The zero-order chi connectivity index (χ0) is 9.84. The third-order valence-electron chi connectivity index (χ3n) is 2.56. The zero-order valence-electron chi connectivity index (χ0n) is 8.87. The molecule has 2 unspecified atom stereocenters. The molecular weight excluding hydrogens is 178 g/mol. The quantitative estimate of drug-likeness (QED) is 0.779. The van der Waals surface area contributed by atoms with E-state index in [9.17, 15) is 0 Å². The number of hydrogen-bond acceptors (Lipinski definition) is 2. The monoisotopic (exact) mass is 197 g/mol. The average molecular weight is 197 g/mol. The number of rotatable bonds is 4. The van der Waals surface area contributed by atoms with Gasteiger partial charge >= 0.3 is 0 Å². The highest BCUT2D eigenvalue weighted by atomic mass is 32.1. The summed E-state index contributed by atoms with van der Waals surface area (Å²) in [6, 6.07) is 3.24. The number of thiophene rings is 1. The molecule has 13 heavy (non-hydrogen) atoms. The van der Waals surface area contributed by atoms with Gasteiger partial charge in [-0.05, 0) is 42.2 Å². The van der Waals surface area contributed by atoms with Crippen molar-refractivity contribution in [3.8, 4) is 0 Å². The molecule has 0 fully saturated rings. The predicted molar refractivity (Wildman–Crippen MR) is 60.2 cm³/mol. The van der Waals surface area contributed by atoms with Crippen LogP contribution in [0.15, 0.2) is 16.8 Å². The van der Waals surface area contributed by atoms with Crippen molar-refractivity contribution in [2.45, 2.75) is 39.8 Å². The molecule has 1 aromatic heterocycles. The molecule has 2 atom stereocenters. The second-order valence-corrected chi connectivity index (χ2v) is 4.76. The van der Waals surface area contributed by atoms with E-state index in [0.29, 0.717) is 18.0 Å². The van der Waals surface area contributed by atoms with Crippen LogP contribution in [0.2, 0.25) is 0 Å². The Morgan fingerprint density at radius 3 is 2.38 bits per heavy atom. The summed E-state index contributed by atoms with van der Waals surface area (Å²) in [6.07, 6.45) is 0. The van der Waals surface area contributed by atoms with Crippen molar-refractivity contribution in [1.29, 1.82) is 0 Å². The Morgan fingerprint density at radius 2 is 1.92 bits per heavy atom. The predicted octanol–water partition coefficient (Wildman–Crippen LogP) is 3.44. The minimum atomic E-state index is 0.476. The standard InChI is InChI=1S/C11H19NS/c1-8(2)9(3)12-10(4)11-5-6-13-7-11/h5-10,12H,1-4H3. The van der Waals surface area contributed by atoms with Gasteiger partial charge in [0, 0.05) is 12.1 Å². The lowest BCUT2D eigenvalue weighted by atomic mass is 10.0. The molecule has 0 aliphatic rings. The van der Waals surface area contributed by atoms with Gasteiger partial charge < -0.3 is 5.32 Å². The lowest BCUT2D eigenvalue weighted by molar-refractivity contribution is 0.389. The van der Waals surface area contributed by atoms with Gasteiger partial charge in [0.1, 0.15) is 0 Å². The van der Waals surface area contributed by atoms with Gasteiger partial charge in [0.2, 0.25) is 0 Å². The molecule has 0 aliphatic carbocycles. The van der Waals surface area contributed by atoms with Gasteiger partial charge in [0.05, 0.1) is 0 Å². The fraction of sp³-hybridized carbons (Fsp3) is 0.636. The lowest BCUT2D eigenvalue weighted by Crippen LogP contribution is -2.32. The highest BCUT2D eigenvalue weighted by Crippen LogP contribution is 2.17. The molecule has 0 saturated heterocycles. The van der Waals surface area contributed by atoms with Gasteiger partial charge in [-0.1, -0.05) is 13.8 Å². The largest absolute Gasteiger partial charge is 0.307 e. The normalized spacial score (nSPS) is 16.1. The SMILES string of the molecule is CC(NC(C)C(C)C)c1ccsc1. The van der Waals surface area contributed by atoms with Crippen molar-refractivity contribution in [2.24, 2.45) is 5.92 Å². The van der Waals surface area contributed by atoms with Gasteiger partial charge in [-0.25, -0.2) is 0 Å². The molecule has 74 valence electrons. The van der Waals surface area contributed by atoms with Crippen LogP contribution < -0.4 is 5.32 Å². The van der Waals surface area contributed by atoms with Crippen molar-refractivity contribution in [3.63, 3.8) is 0 Å². The van der Waals surface area contributed by atoms with E-state index in [0.717, 1.165) is 0 Å². The topological polar surface area (TPSA) is 12.0 Å². The summed E-state index contributed by atoms with van der Waals surface area (Å²) < 4.78 is 0. The van der Waals surface area contributed by atoms with E-state index in [-0.39, 0.29) is 0 Å². The molecule has 0 saturated carbocycles. The van der Waals surface area contributed by atoms with E-state index in [1.807, 2.05) is 0 Å². The zero-order valence-corrected chi connectivity index (χ0v) is 9.69. The fourth-order valence-corrected chi connectivity index (χ4v) is 1.96. The van der Waals surface area contributed by atoms with E-state index < -0.39 is 0 Å². The summed E-state index contributed by atoms with van der Waals surface area (Å²) in [5, 5.41) is 7.93. The molecule has 0 aromatic carbocycles. The maximum Gasteiger partial charge on any atom is 0.0302 e. The van der Waals surface area contributed by atoms with E-state index in [1.54, 1.807) is 11.3 Å². The van der Waals surface area contributed by atoms with Crippen LogP contribution in [-0.4, -0.2) is 6.04 Å². The van der Waals surface area contributed by atoms with E-state index in [2.05, 4.69) is 49.8 Å². The van der Waals surface area contributed by atoms with E-state index >= 15 is 0 Å². The molecular formula is C11H19NS. The summed E-state index contributed by atoms with van der Waals surface area (Å²) in [5.41, 5.74) is 1.40. The number of nitrogens with one attached hydrogen (secondary N) is 1. The highest BCUT2D eigenvalue weighted by molar-refractivity contribution is 7.07. The summed E-state index contributed by atoms with van der Waals surface area (Å²) >= 11 is 1.76. The maximum absolute atomic E-state index is 3.59. The van der Waals surface area contributed by atoms with Crippen LogP contribution in [0, 0.1) is 5.92 Å². The first kappa shape index (κ1) is 10.7. The van der Waals surface area contributed by atoms with Crippen molar-refractivity contribution in [2.75, 3.05) is 0 Å². The molecule has 0 aliphatic heterocycles. The fourth-order valence-electron chi connectivity index (χ4n) is 1.20. The molecule has 0 radical (unpaired) electrons. The first-order chi connectivity index (χ1) is 6.11.